The number of likely N-dealkylation sites (N-methyl/N-ethyl adjacent to an activating group) is 1. The van der Waals surface area contributed by atoms with Gasteiger partial charge in [-0.15, -0.1) is 0 Å². The SMILES string of the molecule is C=CC(=O)N1CCN(c2nc(OC[C@@H]3CCCN3C)nc3c(F)c(-c4cccc5c4[C@@H]4C[C@@H]4C5)c(F)cc23)C[C@@H]1CC#N. The number of piperazine rings is 1. The van der Waals surface area contributed by atoms with Crippen molar-refractivity contribution in [1.29, 1.82) is 5.26 Å². The summed E-state index contributed by atoms with van der Waals surface area (Å²) in [5.74, 6) is -0.393. The molecule has 0 radical (unpaired) electrons. The Balaban J connectivity index is 1.33. The van der Waals surface area contributed by atoms with Crippen LogP contribution in [0.3, 0.4) is 0 Å². The Morgan fingerprint density at radius 3 is 2.86 bits per heavy atom. The van der Waals surface area contributed by atoms with E-state index in [1.165, 1.54) is 17.7 Å². The summed E-state index contributed by atoms with van der Waals surface area (Å²) in [6, 6.07) is 9.02. The Morgan fingerprint density at radius 2 is 2.09 bits per heavy atom. The molecule has 1 saturated carbocycles. The zero-order valence-electron chi connectivity index (χ0n) is 24.2. The molecule has 1 aromatic heterocycles. The number of amides is 1. The summed E-state index contributed by atoms with van der Waals surface area (Å²) < 4.78 is 38.8. The molecule has 0 N–H and O–H groups in total. The maximum absolute atomic E-state index is 16.6. The van der Waals surface area contributed by atoms with E-state index in [2.05, 4.69) is 28.6 Å². The number of ether oxygens (including phenoxy) is 1. The highest BCUT2D eigenvalue weighted by Gasteiger charge is 2.46. The Hall–Kier alpha value is -4.10. The predicted molar refractivity (Wildman–Crippen MR) is 159 cm³/mol. The van der Waals surface area contributed by atoms with Crippen LogP contribution < -0.4 is 9.64 Å². The van der Waals surface area contributed by atoms with Crippen LogP contribution in [-0.4, -0.2) is 77.6 Å². The number of hydrogen-bond acceptors (Lipinski definition) is 7. The summed E-state index contributed by atoms with van der Waals surface area (Å²) in [6.07, 6.45) is 5.41. The Morgan fingerprint density at radius 1 is 1.23 bits per heavy atom. The van der Waals surface area contributed by atoms with Crippen LogP contribution in [0.15, 0.2) is 36.9 Å². The van der Waals surface area contributed by atoms with E-state index in [0.717, 1.165) is 37.8 Å². The van der Waals surface area contributed by atoms with Crippen molar-refractivity contribution in [3.05, 3.63) is 59.7 Å². The van der Waals surface area contributed by atoms with Gasteiger partial charge < -0.3 is 19.4 Å². The summed E-state index contributed by atoms with van der Waals surface area (Å²) in [5.41, 5.74) is 2.76. The van der Waals surface area contributed by atoms with Crippen LogP contribution in [0.4, 0.5) is 14.6 Å². The van der Waals surface area contributed by atoms with Crippen LogP contribution in [0.1, 0.15) is 42.7 Å². The van der Waals surface area contributed by atoms with E-state index in [9.17, 15) is 10.1 Å². The van der Waals surface area contributed by atoms with Gasteiger partial charge in [-0.05, 0) is 79.9 Å². The molecule has 0 unspecified atom stereocenters. The third kappa shape index (κ3) is 4.80. The summed E-state index contributed by atoms with van der Waals surface area (Å²) >= 11 is 0. The molecule has 8 nitrogen and oxygen atoms in total. The minimum Gasteiger partial charge on any atom is -0.462 e. The number of nitriles is 1. The van der Waals surface area contributed by atoms with Crippen molar-refractivity contribution in [3.63, 3.8) is 0 Å². The van der Waals surface area contributed by atoms with E-state index in [0.29, 0.717) is 42.9 Å². The second kappa shape index (κ2) is 10.9. The highest BCUT2D eigenvalue weighted by Crippen LogP contribution is 2.59. The van der Waals surface area contributed by atoms with Crippen molar-refractivity contribution in [2.45, 2.75) is 50.1 Å². The van der Waals surface area contributed by atoms with Gasteiger partial charge in [-0.25, -0.2) is 8.78 Å². The maximum atomic E-state index is 16.6. The lowest BCUT2D eigenvalue weighted by Gasteiger charge is -2.41. The van der Waals surface area contributed by atoms with Gasteiger partial charge in [0.2, 0.25) is 5.91 Å². The number of nitrogens with zero attached hydrogens (tertiary/aromatic N) is 6. The van der Waals surface area contributed by atoms with Crippen LogP contribution in [0.2, 0.25) is 0 Å². The molecule has 10 heteroatoms. The molecular formula is C33H34F2N6O2. The van der Waals surface area contributed by atoms with Crippen molar-refractivity contribution in [3.8, 4) is 23.2 Å². The highest BCUT2D eigenvalue weighted by atomic mass is 19.1. The van der Waals surface area contributed by atoms with Crippen molar-refractivity contribution in [1.82, 2.24) is 19.8 Å². The molecule has 3 fully saturated rings. The van der Waals surface area contributed by atoms with E-state index < -0.39 is 17.7 Å². The number of likely N-dealkylation sites (tertiary alicyclic amines) is 1. The fourth-order valence-corrected chi connectivity index (χ4v) is 7.36. The normalized spacial score (nSPS) is 24.5. The first-order valence-corrected chi connectivity index (χ1v) is 15.1. The lowest BCUT2D eigenvalue weighted by molar-refractivity contribution is -0.128. The number of aromatic nitrogens is 2. The minimum absolute atomic E-state index is 0.000513. The number of benzene rings is 2. The Labute approximate surface area is 249 Å². The zero-order chi connectivity index (χ0) is 29.8. The van der Waals surface area contributed by atoms with Gasteiger partial charge in [0.1, 0.15) is 23.8 Å². The highest BCUT2D eigenvalue weighted by molar-refractivity contribution is 5.94. The van der Waals surface area contributed by atoms with Crippen LogP contribution in [0, 0.1) is 28.9 Å². The van der Waals surface area contributed by atoms with Gasteiger partial charge in [0.05, 0.1) is 24.1 Å². The second-order valence-corrected chi connectivity index (χ2v) is 12.2. The number of fused-ring (bicyclic) bond motifs is 4. The Bertz CT molecular complexity index is 1670. The van der Waals surface area contributed by atoms with E-state index in [1.807, 2.05) is 24.1 Å². The molecule has 1 amide bonds. The van der Waals surface area contributed by atoms with Crippen LogP contribution >= 0.6 is 0 Å². The van der Waals surface area contributed by atoms with E-state index >= 15 is 8.78 Å². The number of hydrogen-bond donors (Lipinski definition) is 0. The first-order valence-electron chi connectivity index (χ1n) is 15.1. The summed E-state index contributed by atoms with van der Waals surface area (Å²) in [6.45, 7) is 5.86. The first kappa shape index (κ1) is 27.7. The number of rotatable bonds is 7. The van der Waals surface area contributed by atoms with Crippen molar-refractivity contribution in [2.75, 3.05) is 44.7 Å². The second-order valence-electron chi connectivity index (χ2n) is 12.2. The summed E-state index contributed by atoms with van der Waals surface area (Å²) in [7, 11) is 2.05. The molecule has 222 valence electrons. The number of halogens is 2. The van der Waals surface area contributed by atoms with Gasteiger partial charge in [-0.3, -0.25) is 4.79 Å². The average Bonchev–Trinajstić information content (AvgIpc) is 3.48. The van der Waals surface area contributed by atoms with Gasteiger partial charge in [-0.2, -0.15) is 15.2 Å². The van der Waals surface area contributed by atoms with Gasteiger partial charge in [-0.1, -0.05) is 24.8 Å². The third-order valence-corrected chi connectivity index (χ3v) is 9.73. The Kier molecular flexibility index (Phi) is 7.01. The smallest absolute Gasteiger partial charge is 0.319 e. The molecule has 3 aromatic rings. The zero-order valence-corrected chi connectivity index (χ0v) is 24.2. The number of carbonyl (C=O) groups excluding carboxylic acids is 1. The fraction of sp³-hybridized carbons (Fsp3) is 0.455. The molecule has 2 aliphatic heterocycles. The molecular weight excluding hydrogens is 550 g/mol. The van der Waals surface area contributed by atoms with Crippen molar-refractivity contribution < 1.29 is 18.3 Å². The molecule has 0 bridgehead atoms. The summed E-state index contributed by atoms with van der Waals surface area (Å²) in [5, 5.41) is 9.71. The quantitative estimate of drug-likeness (QED) is 0.368. The van der Waals surface area contributed by atoms with E-state index in [1.54, 1.807) is 4.90 Å². The van der Waals surface area contributed by atoms with Crippen LogP contribution in [0.5, 0.6) is 6.01 Å². The third-order valence-electron chi connectivity index (χ3n) is 9.73. The molecule has 2 aliphatic carbocycles. The van der Waals surface area contributed by atoms with Crippen molar-refractivity contribution in [2.24, 2.45) is 5.92 Å². The monoisotopic (exact) mass is 584 g/mol. The minimum atomic E-state index is -0.729. The fourth-order valence-electron chi connectivity index (χ4n) is 7.36. The lowest BCUT2D eigenvalue weighted by atomic mass is 9.93. The molecule has 2 saturated heterocycles. The van der Waals surface area contributed by atoms with Gasteiger partial charge >= 0.3 is 6.01 Å². The topological polar surface area (TPSA) is 85.6 Å². The number of anilines is 1. The average molecular weight is 585 g/mol. The van der Waals surface area contributed by atoms with Crippen LogP contribution in [0.25, 0.3) is 22.0 Å². The predicted octanol–water partition coefficient (Wildman–Crippen LogP) is 4.82. The molecule has 3 heterocycles. The van der Waals surface area contributed by atoms with Crippen molar-refractivity contribution >= 4 is 22.6 Å². The maximum Gasteiger partial charge on any atom is 0.319 e. The van der Waals surface area contributed by atoms with Gasteiger partial charge in [0, 0.05) is 31.1 Å². The lowest BCUT2D eigenvalue weighted by Crippen LogP contribution is -2.55. The van der Waals surface area contributed by atoms with Gasteiger partial charge in [0.15, 0.2) is 5.82 Å². The molecule has 2 aromatic carbocycles. The largest absolute Gasteiger partial charge is 0.462 e. The standard InChI is InChI=1S/C33H34F2N6O2/c1-3-27(42)41-13-12-40(17-21(41)9-10-36)32-25-16-26(34)29(23-8-4-6-19-14-20-15-24(20)28(19)23)30(35)31(25)37-33(38-32)43-18-22-7-5-11-39(22)2/h3-4,6,8,16,20-22,24H,1,5,7,9,11-15,17-18H2,2H3/t20-,21-,22-,24+/m0/s1. The molecule has 43 heavy (non-hydrogen) atoms. The van der Waals surface area contributed by atoms with E-state index in [4.69, 9.17) is 9.72 Å². The van der Waals surface area contributed by atoms with Crippen LogP contribution in [-0.2, 0) is 11.2 Å². The molecule has 4 atom stereocenters. The van der Waals surface area contributed by atoms with E-state index in [-0.39, 0.29) is 47.4 Å². The molecule has 4 aliphatic rings. The number of carbonyl (C=O) groups is 1. The van der Waals surface area contributed by atoms with Gasteiger partial charge in [0.25, 0.3) is 0 Å². The molecule has 7 rings (SSSR count). The summed E-state index contributed by atoms with van der Waals surface area (Å²) in [4.78, 5) is 27.4. The first-order chi connectivity index (χ1) is 20.9. The molecule has 0 spiro atoms.